The van der Waals surface area contributed by atoms with Crippen molar-refractivity contribution in [2.24, 2.45) is 5.92 Å². The van der Waals surface area contributed by atoms with Crippen molar-refractivity contribution in [1.82, 2.24) is 10.2 Å². The number of rotatable bonds is 5. The van der Waals surface area contributed by atoms with Crippen LogP contribution in [0.2, 0.25) is 0 Å². The molecule has 0 spiro atoms. The maximum absolute atomic E-state index is 9.89. The first-order valence-corrected chi connectivity index (χ1v) is 7.69. The molecule has 0 radical (unpaired) electrons. The molecule has 2 fully saturated rings. The summed E-state index contributed by atoms with van der Waals surface area (Å²) in [6, 6.07) is 13.4. The Kier molecular flexibility index (Phi) is 3.78. The first-order chi connectivity index (χ1) is 9.72. The van der Waals surface area contributed by atoms with Crippen molar-refractivity contribution in [3.05, 3.63) is 35.9 Å². The third kappa shape index (κ3) is 2.87. The van der Waals surface area contributed by atoms with Gasteiger partial charge < -0.3 is 0 Å². The largest absolute Gasteiger partial charge is 0.300 e. The van der Waals surface area contributed by atoms with Crippen LogP contribution in [0.3, 0.4) is 0 Å². The summed E-state index contributed by atoms with van der Waals surface area (Å²) in [7, 11) is 0. The van der Waals surface area contributed by atoms with Gasteiger partial charge in [-0.25, -0.2) is 0 Å². The fourth-order valence-electron chi connectivity index (χ4n) is 3.16. The van der Waals surface area contributed by atoms with Crippen LogP contribution in [0.25, 0.3) is 0 Å². The summed E-state index contributed by atoms with van der Waals surface area (Å²) in [6.45, 7) is 5.33. The van der Waals surface area contributed by atoms with E-state index in [9.17, 15) is 5.26 Å². The zero-order chi connectivity index (χ0) is 14.0. The summed E-state index contributed by atoms with van der Waals surface area (Å²) in [5.41, 5.74) is 0.556. The maximum atomic E-state index is 9.89. The molecule has 3 rings (SSSR count). The summed E-state index contributed by atoms with van der Waals surface area (Å²) in [4.78, 5) is 2.44. The van der Waals surface area contributed by atoms with Crippen LogP contribution in [0.5, 0.6) is 0 Å². The molecule has 106 valence electrons. The highest BCUT2D eigenvalue weighted by atomic mass is 15.2. The van der Waals surface area contributed by atoms with Gasteiger partial charge in [0, 0.05) is 19.1 Å². The normalized spacial score (nSPS) is 26.1. The number of hydrogen-bond acceptors (Lipinski definition) is 3. The van der Waals surface area contributed by atoms with E-state index in [2.05, 4.69) is 35.3 Å². The first-order valence-electron chi connectivity index (χ1n) is 7.69. The quantitative estimate of drug-likeness (QED) is 0.892. The predicted octanol–water partition coefficient (Wildman–Crippen LogP) is 2.50. The third-order valence-electron chi connectivity index (χ3n) is 4.45. The molecule has 2 atom stereocenters. The highest BCUT2D eigenvalue weighted by Gasteiger charge is 2.40. The zero-order valence-electron chi connectivity index (χ0n) is 12.2. The van der Waals surface area contributed by atoms with Gasteiger partial charge in [0.1, 0.15) is 5.54 Å². The van der Waals surface area contributed by atoms with E-state index in [-0.39, 0.29) is 0 Å². The molecule has 0 bridgehead atoms. The molecular weight excluding hydrogens is 246 g/mol. The average molecular weight is 269 g/mol. The summed E-state index contributed by atoms with van der Waals surface area (Å²) in [5, 5.41) is 13.5. The molecule has 3 heteroatoms. The Morgan fingerprint density at radius 1 is 1.30 bits per heavy atom. The van der Waals surface area contributed by atoms with Crippen molar-refractivity contribution in [3.8, 4) is 6.07 Å². The minimum absolute atomic E-state index is 0.523. The van der Waals surface area contributed by atoms with E-state index in [0.717, 1.165) is 31.1 Å². The van der Waals surface area contributed by atoms with Crippen molar-refractivity contribution in [1.29, 1.82) is 5.26 Å². The molecule has 1 aliphatic heterocycles. The number of hydrogen-bond donors (Lipinski definition) is 1. The monoisotopic (exact) mass is 269 g/mol. The average Bonchev–Trinajstić information content (AvgIpc) is 3.20. The second-order valence-corrected chi connectivity index (χ2v) is 6.43. The van der Waals surface area contributed by atoms with Gasteiger partial charge in [0.05, 0.1) is 6.07 Å². The van der Waals surface area contributed by atoms with Gasteiger partial charge in [0.15, 0.2) is 0 Å². The minimum Gasteiger partial charge on any atom is -0.300 e. The predicted molar refractivity (Wildman–Crippen MR) is 80.1 cm³/mol. The van der Waals surface area contributed by atoms with E-state index in [1.165, 1.54) is 19.3 Å². The van der Waals surface area contributed by atoms with Crippen LogP contribution >= 0.6 is 0 Å². The highest BCUT2D eigenvalue weighted by molar-refractivity contribution is 5.33. The summed E-state index contributed by atoms with van der Waals surface area (Å²) in [6.07, 6.45) is 3.65. The molecule has 1 heterocycles. The number of benzene rings is 1. The lowest BCUT2D eigenvalue weighted by Crippen LogP contribution is -2.50. The number of nitriles is 1. The minimum atomic E-state index is -0.549. The topological polar surface area (TPSA) is 39.1 Å². The highest BCUT2D eigenvalue weighted by Crippen LogP contribution is 2.30. The lowest BCUT2D eigenvalue weighted by molar-refractivity contribution is 0.242. The van der Waals surface area contributed by atoms with Crippen LogP contribution < -0.4 is 5.32 Å². The van der Waals surface area contributed by atoms with Gasteiger partial charge in [-0.15, -0.1) is 0 Å². The first kappa shape index (κ1) is 13.6. The molecule has 2 aliphatic rings. The molecular formula is C17H23N3. The Labute approximate surface area is 121 Å². The Hall–Kier alpha value is -1.37. The van der Waals surface area contributed by atoms with Gasteiger partial charge in [0.25, 0.3) is 0 Å². The molecule has 1 saturated carbocycles. The number of likely N-dealkylation sites (tertiary alicyclic amines) is 1. The Balaban J connectivity index is 1.84. The Bertz CT molecular complexity index is 489. The van der Waals surface area contributed by atoms with Crippen LogP contribution in [0.15, 0.2) is 30.3 Å². The van der Waals surface area contributed by atoms with Crippen molar-refractivity contribution in [2.75, 3.05) is 19.6 Å². The molecule has 1 N–H and O–H groups in total. The van der Waals surface area contributed by atoms with Crippen LogP contribution in [-0.4, -0.2) is 30.6 Å². The van der Waals surface area contributed by atoms with Crippen LogP contribution in [0.1, 0.15) is 31.7 Å². The van der Waals surface area contributed by atoms with E-state index in [1.807, 2.05) is 18.2 Å². The molecule has 1 saturated heterocycles. The molecule has 0 aromatic heterocycles. The molecule has 2 unspecified atom stereocenters. The van der Waals surface area contributed by atoms with Crippen LogP contribution in [-0.2, 0) is 5.54 Å². The lowest BCUT2D eigenvalue weighted by Gasteiger charge is -2.33. The van der Waals surface area contributed by atoms with E-state index in [4.69, 9.17) is 0 Å². The third-order valence-corrected chi connectivity index (χ3v) is 4.45. The Morgan fingerprint density at radius 2 is 2.05 bits per heavy atom. The van der Waals surface area contributed by atoms with Crippen molar-refractivity contribution >= 4 is 0 Å². The smallest absolute Gasteiger partial charge is 0.145 e. The van der Waals surface area contributed by atoms with Gasteiger partial charge in [-0.05, 0) is 37.3 Å². The van der Waals surface area contributed by atoms with E-state index in [1.54, 1.807) is 0 Å². The van der Waals surface area contributed by atoms with Crippen LogP contribution in [0.4, 0.5) is 0 Å². The lowest BCUT2D eigenvalue weighted by atomic mass is 9.90. The second kappa shape index (κ2) is 5.55. The SMILES string of the molecule is CC1CCN(CC(C#N)(NC2CC2)c2ccccc2)C1. The van der Waals surface area contributed by atoms with Crippen molar-refractivity contribution in [3.63, 3.8) is 0 Å². The van der Waals surface area contributed by atoms with Gasteiger partial charge >= 0.3 is 0 Å². The fourth-order valence-corrected chi connectivity index (χ4v) is 3.16. The van der Waals surface area contributed by atoms with E-state index in [0.29, 0.717) is 6.04 Å². The van der Waals surface area contributed by atoms with E-state index >= 15 is 0 Å². The molecule has 20 heavy (non-hydrogen) atoms. The second-order valence-electron chi connectivity index (χ2n) is 6.43. The molecule has 3 nitrogen and oxygen atoms in total. The van der Waals surface area contributed by atoms with Crippen molar-refractivity contribution < 1.29 is 0 Å². The molecule has 0 amide bonds. The maximum Gasteiger partial charge on any atom is 0.145 e. The zero-order valence-corrected chi connectivity index (χ0v) is 12.2. The van der Waals surface area contributed by atoms with Gasteiger partial charge in [-0.3, -0.25) is 10.2 Å². The van der Waals surface area contributed by atoms with Gasteiger partial charge in [0.2, 0.25) is 0 Å². The summed E-state index contributed by atoms with van der Waals surface area (Å²) >= 11 is 0. The van der Waals surface area contributed by atoms with Gasteiger partial charge in [-0.1, -0.05) is 37.3 Å². The molecule has 1 aliphatic carbocycles. The van der Waals surface area contributed by atoms with Gasteiger partial charge in [-0.2, -0.15) is 5.26 Å². The summed E-state index contributed by atoms with van der Waals surface area (Å²) in [5.74, 6) is 0.753. The standard InChI is InChI=1S/C17H23N3/c1-14-9-10-20(11-14)13-17(12-18,19-16-7-8-16)15-5-3-2-4-6-15/h2-6,14,16,19H,7-11,13H2,1H3. The molecule has 1 aromatic carbocycles. The summed E-state index contributed by atoms with van der Waals surface area (Å²) < 4.78 is 0. The molecule has 1 aromatic rings. The number of nitrogens with one attached hydrogen (secondary N) is 1. The van der Waals surface area contributed by atoms with Crippen LogP contribution in [0, 0.1) is 17.2 Å². The number of nitrogens with zero attached hydrogens (tertiary/aromatic N) is 2. The Morgan fingerprint density at radius 3 is 2.60 bits per heavy atom. The fraction of sp³-hybridized carbons (Fsp3) is 0.588. The van der Waals surface area contributed by atoms with Crippen molar-refractivity contribution in [2.45, 2.75) is 37.8 Å². The van der Waals surface area contributed by atoms with E-state index < -0.39 is 5.54 Å².